The Hall–Kier alpha value is -3.28. The Balaban J connectivity index is 1.67. The molecular weight excluding hydrogens is 552 g/mol. The second-order valence-electron chi connectivity index (χ2n) is 6.80. The Morgan fingerprint density at radius 2 is 1.73 bits per heavy atom. The van der Waals surface area contributed by atoms with Crippen molar-refractivity contribution in [2.24, 2.45) is 0 Å². The number of hydrogen-bond donors (Lipinski definition) is 1. The van der Waals surface area contributed by atoms with Crippen molar-refractivity contribution >= 4 is 49.5 Å². The first kappa shape index (κ1) is 24.4. The lowest BCUT2D eigenvalue weighted by atomic mass is 10.1. The highest BCUT2D eigenvalue weighted by Crippen LogP contribution is 2.36. The molecular formula is C25H20Br2N2O4. The molecule has 0 heterocycles. The van der Waals surface area contributed by atoms with Gasteiger partial charge in [0.2, 0.25) is 0 Å². The highest BCUT2D eigenvalue weighted by molar-refractivity contribution is 9.10. The number of hydrogen-bond acceptors (Lipinski definition) is 5. The lowest BCUT2D eigenvalue weighted by Gasteiger charge is -2.11. The maximum atomic E-state index is 12.6. The minimum absolute atomic E-state index is 0.0512. The zero-order chi connectivity index (χ0) is 23.8. The first-order chi connectivity index (χ1) is 15.9. The molecule has 0 fully saturated rings. The fraction of sp³-hybridized carbons (Fsp3) is 0.120. The van der Waals surface area contributed by atoms with Gasteiger partial charge >= 0.3 is 0 Å². The van der Waals surface area contributed by atoms with Crippen LogP contribution in [0, 0.1) is 11.3 Å². The van der Waals surface area contributed by atoms with Gasteiger partial charge in [0.25, 0.3) is 5.91 Å². The number of rotatable bonds is 8. The molecule has 0 unspecified atom stereocenters. The Bertz CT molecular complexity index is 1200. The normalized spacial score (nSPS) is 10.8. The Kier molecular flexibility index (Phi) is 8.52. The smallest absolute Gasteiger partial charge is 0.266 e. The fourth-order valence-corrected chi connectivity index (χ4v) is 3.80. The lowest BCUT2D eigenvalue weighted by molar-refractivity contribution is -0.112. The lowest BCUT2D eigenvalue weighted by Crippen LogP contribution is -2.13. The zero-order valence-electron chi connectivity index (χ0n) is 17.9. The summed E-state index contributed by atoms with van der Waals surface area (Å²) in [5.41, 5.74) is 2.15. The SMILES string of the molecule is COc1cc(/C=C(\C#N)C(=O)Nc2ccc(OCc3ccc(Br)cc3)cc2)cc(Br)c1OC. The van der Waals surface area contributed by atoms with Crippen molar-refractivity contribution in [3.8, 4) is 23.3 Å². The van der Waals surface area contributed by atoms with Crippen molar-refractivity contribution in [3.05, 3.63) is 86.3 Å². The summed E-state index contributed by atoms with van der Waals surface area (Å²) in [7, 11) is 3.05. The number of ether oxygens (including phenoxy) is 3. The number of nitrogens with one attached hydrogen (secondary N) is 1. The summed E-state index contributed by atoms with van der Waals surface area (Å²) in [4.78, 5) is 12.6. The fourth-order valence-electron chi connectivity index (χ4n) is 2.92. The van der Waals surface area contributed by atoms with E-state index in [2.05, 4.69) is 37.2 Å². The van der Waals surface area contributed by atoms with Crippen LogP contribution >= 0.6 is 31.9 Å². The molecule has 3 rings (SSSR count). The van der Waals surface area contributed by atoms with Gasteiger partial charge in [0, 0.05) is 10.2 Å². The monoisotopic (exact) mass is 570 g/mol. The van der Waals surface area contributed by atoms with E-state index in [0.717, 1.165) is 10.0 Å². The summed E-state index contributed by atoms with van der Waals surface area (Å²) in [5, 5.41) is 12.2. The van der Waals surface area contributed by atoms with E-state index in [1.807, 2.05) is 30.3 Å². The van der Waals surface area contributed by atoms with E-state index in [1.54, 1.807) is 36.4 Å². The third-order valence-corrected chi connectivity index (χ3v) is 5.68. The molecule has 6 nitrogen and oxygen atoms in total. The van der Waals surface area contributed by atoms with Gasteiger partial charge in [0.1, 0.15) is 24.0 Å². The van der Waals surface area contributed by atoms with Crippen LogP contribution in [0.15, 0.2) is 75.2 Å². The third kappa shape index (κ3) is 6.60. The van der Waals surface area contributed by atoms with Gasteiger partial charge in [-0.1, -0.05) is 28.1 Å². The molecule has 0 atom stereocenters. The van der Waals surface area contributed by atoms with Gasteiger partial charge in [-0.2, -0.15) is 5.26 Å². The van der Waals surface area contributed by atoms with Crippen molar-refractivity contribution in [1.82, 2.24) is 0 Å². The number of anilines is 1. The number of nitriles is 1. The molecule has 33 heavy (non-hydrogen) atoms. The van der Waals surface area contributed by atoms with Crippen LogP contribution in [0.2, 0.25) is 0 Å². The Morgan fingerprint density at radius 1 is 1.03 bits per heavy atom. The van der Waals surface area contributed by atoms with Crippen LogP contribution in [-0.4, -0.2) is 20.1 Å². The average Bonchev–Trinajstić information content (AvgIpc) is 2.82. The van der Waals surface area contributed by atoms with Crippen LogP contribution in [0.4, 0.5) is 5.69 Å². The number of halogens is 2. The molecule has 0 aliphatic carbocycles. The maximum Gasteiger partial charge on any atom is 0.266 e. The van der Waals surface area contributed by atoms with Crippen molar-refractivity contribution < 1.29 is 19.0 Å². The van der Waals surface area contributed by atoms with Gasteiger partial charge in [0.15, 0.2) is 11.5 Å². The number of nitrogens with zero attached hydrogens (tertiary/aromatic N) is 1. The molecule has 3 aromatic rings. The summed E-state index contributed by atoms with van der Waals surface area (Å²) < 4.78 is 18.0. The minimum Gasteiger partial charge on any atom is -0.493 e. The number of benzene rings is 3. The Labute approximate surface area is 209 Å². The molecule has 0 saturated carbocycles. The summed E-state index contributed by atoms with van der Waals surface area (Å²) in [6, 6.07) is 20.2. The topological polar surface area (TPSA) is 80.6 Å². The van der Waals surface area contributed by atoms with E-state index in [-0.39, 0.29) is 5.57 Å². The van der Waals surface area contributed by atoms with Gasteiger partial charge in [-0.25, -0.2) is 0 Å². The van der Waals surface area contributed by atoms with Crippen LogP contribution in [-0.2, 0) is 11.4 Å². The van der Waals surface area contributed by atoms with Gasteiger partial charge < -0.3 is 19.5 Å². The first-order valence-electron chi connectivity index (χ1n) is 9.75. The highest BCUT2D eigenvalue weighted by Gasteiger charge is 2.13. The third-order valence-electron chi connectivity index (χ3n) is 4.56. The molecule has 0 aliphatic rings. The summed E-state index contributed by atoms with van der Waals surface area (Å²) in [6.45, 7) is 0.432. The highest BCUT2D eigenvalue weighted by atomic mass is 79.9. The van der Waals surface area contributed by atoms with Crippen molar-refractivity contribution in [2.75, 3.05) is 19.5 Å². The molecule has 0 spiro atoms. The average molecular weight is 572 g/mol. The Morgan fingerprint density at radius 3 is 2.33 bits per heavy atom. The minimum atomic E-state index is -0.521. The van der Waals surface area contributed by atoms with Crippen LogP contribution in [0.3, 0.4) is 0 Å². The number of amides is 1. The predicted octanol–water partition coefficient (Wildman–Crippen LogP) is 6.35. The largest absolute Gasteiger partial charge is 0.493 e. The molecule has 0 aliphatic heterocycles. The quantitative estimate of drug-likeness (QED) is 0.251. The molecule has 0 aromatic heterocycles. The second-order valence-corrected chi connectivity index (χ2v) is 8.57. The molecule has 8 heteroatoms. The maximum absolute atomic E-state index is 12.6. The van der Waals surface area contributed by atoms with Crippen LogP contribution < -0.4 is 19.5 Å². The van der Waals surface area contributed by atoms with Crippen molar-refractivity contribution in [1.29, 1.82) is 5.26 Å². The van der Waals surface area contributed by atoms with Crippen molar-refractivity contribution in [3.63, 3.8) is 0 Å². The van der Waals surface area contributed by atoms with E-state index in [0.29, 0.717) is 39.6 Å². The summed E-state index contributed by atoms with van der Waals surface area (Å²) in [6.07, 6.45) is 1.48. The van der Waals surface area contributed by atoms with E-state index in [9.17, 15) is 10.1 Å². The zero-order valence-corrected chi connectivity index (χ0v) is 21.1. The molecule has 3 aromatic carbocycles. The van der Waals surface area contributed by atoms with E-state index in [4.69, 9.17) is 14.2 Å². The number of carbonyl (C=O) groups excluding carboxylic acids is 1. The van der Waals surface area contributed by atoms with Crippen LogP contribution in [0.1, 0.15) is 11.1 Å². The number of methoxy groups -OCH3 is 2. The van der Waals surface area contributed by atoms with Crippen molar-refractivity contribution in [2.45, 2.75) is 6.61 Å². The molecule has 0 bridgehead atoms. The van der Waals surface area contributed by atoms with Crippen LogP contribution in [0.5, 0.6) is 17.2 Å². The molecule has 1 amide bonds. The predicted molar refractivity (Wildman–Crippen MR) is 134 cm³/mol. The van der Waals surface area contributed by atoms with Crippen LogP contribution in [0.25, 0.3) is 6.08 Å². The van der Waals surface area contributed by atoms with E-state index < -0.39 is 5.91 Å². The van der Waals surface area contributed by atoms with Gasteiger partial charge in [-0.15, -0.1) is 0 Å². The standard InChI is InChI=1S/C25H20Br2N2O4/c1-31-23-13-17(12-22(27)24(23)32-2)11-18(14-28)25(30)29-20-7-9-21(10-8-20)33-15-16-3-5-19(26)6-4-16/h3-13H,15H2,1-2H3,(H,29,30)/b18-11+. The van der Waals surface area contributed by atoms with E-state index in [1.165, 1.54) is 20.3 Å². The number of carbonyl (C=O) groups is 1. The second kappa shape index (κ2) is 11.5. The molecule has 168 valence electrons. The van der Waals surface area contributed by atoms with Gasteiger partial charge in [-0.3, -0.25) is 4.79 Å². The summed E-state index contributed by atoms with van der Waals surface area (Å²) in [5.74, 6) is 1.16. The first-order valence-corrected chi connectivity index (χ1v) is 11.3. The molecule has 1 N–H and O–H groups in total. The van der Waals surface area contributed by atoms with E-state index >= 15 is 0 Å². The summed E-state index contributed by atoms with van der Waals surface area (Å²) >= 11 is 6.81. The molecule has 0 radical (unpaired) electrons. The molecule has 0 saturated heterocycles. The van der Waals surface area contributed by atoms with Gasteiger partial charge in [0.05, 0.1) is 18.7 Å². The van der Waals surface area contributed by atoms with Gasteiger partial charge in [-0.05, 0) is 81.7 Å².